The van der Waals surface area contributed by atoms with Crippen LogP contribution in [0.4, 0.5) is 0 Å². The van der Waals surface area contributed by atoms with Crippen LogP contribution in [0.1, 0.15) is 46.6 Å². The fraction of sp³-hybridized carbons (Fsp3) is 0.385. The monoisotopic (exact) mass is 477 g/mol. The van der Waals surface area contributed by atoms with Crippen molar-refractivity contribution >= 4 is 34.3 Å². The second kappa shape index (κ2) is 9.25. The van der Waals surface area contributed by atoms with Crippen molar-refractivity contribution in [2.45, 2.75) is 63.9 Å². The van der Waals surface area contributed by atoms with E-state index in [1.54, 1.807) is 4.57 Å². The first-order valence-electron chi connectivity index (χ1n) is 11.6. The van der Waals surface area contributed by atoms with E-state index in [4.69, 9.17) is 0 Å². The van der Waals surface area contributed by atoms with E-state index in [0.29, 0.717) is 16.3 Å². The summed E-state index contributed by atoms with van der Waals surface area (Å²) in [7, 11) is 0. The quantitative estimate of drug-likeness (QED) is 0.388. The molecule has 8 heteroatoms. The first-order valence-corrected chi connectivity index (χ1v) is 12.5. The number of carbonyl (C=O) groups excluding carboxylic acids is 1. The maximum atomic E-state index is 13.5. The van der Waals surface area contributed by atoms with Crippen molar-refractivity contribution in [3.05, 3.63) is 64.4 Å². The maximum Gasteiger partial charge on any atom is 0.267 e. The Hall–Kier alpha value is -3.13. The number of aryl methyl sites for hydroxylation is 1. The van der Waals surface area contributed by atoms with Gasteiger partial charge in [-0.25, -0.2) is 4.57 Å². The third-order valence-corrected chi connectivity index (χ3v) is 7.62. The van der Waals surface area contributed by atoms with Gasteiger partial charge in [0, 0.05) is 5.54 Å². The van der Waals surface area contributed by atoms with Crippen LogP contribution in [-0.4, -0.2) is 35.9 Å². The van der Waals surface area contributed by atoms with Gasteiger partial charge in [0.05, 0.1) is 21.8 Å². The summed E-state index contributed by atoms with van der Waals surface area (Å²) in [5.41, 5.74) is 2.09. The molecule has 0 aliphatic rings. The van der Waals surface area contributed by atoms with E-state index in [1.807, 2.05) is 87.6 Å². The smallest absolute Gasteiger partial charge is 0.267 e. The molecule has 2 aromatic heterocycles. The molecule has 4 rings (SSSR count). The van der Waals surface area contributed by atoms with Crippen LogP contribution >= 0.6 is 11.8 Å². The summed E-state index contributed by atoms with van der Waals surface area (Å²) in [5.74, 6) is 0.464. The van der Waals surface area contributed by atoms with E-state index in [0.717, 1.165) is 23.2 Å². The van der Waals surface area contributed by atoms with Crippen molar-refractivity contribution in [2.24, 2.45) is 5.92 Å². The Labute approximate surface area is 203 Å². The highest BCUT2D eigenvalue weighted by atomic mass is 32.2. The lowest BCUT2D eigenvalue weighted by molar-refractivity contribution is -0.122. The Morgan fingerprint density at radius 2 is 1.76 bits per heavy atom. The summed E-state index contributed by atoms with van der Waals surface area (Å²) in [6.45, 7) is 12.2. The Kier molecular flexibility index (Phi) is 6.53. The standard InChI is InChI=1S/C26H31N5O2S/c1-7-26(5,6)27-22(32)21(16(2)3)34-25-29-28-24-30(18-14-12-17(4)13-15-18)23(33)19-10-8-9-11-20(19)31(24)25/h8-16,21H,7H2,1-6H3,(H,27,32). The molecule has 7 nitrogen and oxygen atoms in total. The number of nitrogens with one attached hydrogen (secondary N) is 1. The summed E-state index contributed by atoms with van der Waals surface area (Å²) in [5, 5.41) is 12.8. The van der Waals surface area contributed by atoms with Crippen LogP contribution < -0.4 is 10.9 Å². The van der Waals surface area contributed by atoms with E-state index in [9.17, 15) is 9.59 Å². The van der Waals surface area contributed by atoms with Crippen molar-refractivity contribution < 1.29 is 4.79 Å². The zero-order valence-electron chi connectivity index (χ0n) is 20.5. The lowest BCUT2D eigenvalue weighted by Crippen LogP contribution is -2.47. The summed E-state index contributed by atoms with van der Waals surface area (Å²) in [4.78, 5) is 26.7. The van der Waals surface area contributed by atoms with E-state index in [1.165, 1.54) is 11.8 Å². The van der Waals surface area contributed by atoms with Crippen molar-refractivity contribution in [3.63, 3.8) is 0 Å². The summed E-state index contributed by atoms with van der Waals surface area (Å²) in [6.07, 6.45) is 0.829. The average molecular weight is 478 g/mol. The number of rotatable bonds is 7. The minimum atomic E-state index is -0.364. The van der Waals surface area contributed by atoms with Gasteiger partial charge >= 0.3 is 0 Å². The molecule has 1 amide bonds. The van der Waals surface area contributed by atoms with Gasteiger partial charge in [0.1, 0.15) is 0 Å². The molecule has 0 radical (unpaired) electrons. The second-order valence-corrected chi connectivity index (χ2v) is 10.7. The molecule has 0 fully saturated rings. The van der Waals surface area contributed by atoms with E-state index in [2.05, 4.69) is 22.4 Å². The molecular formula is C26H31N5O2S. The average Bonchev–Trinajstić information content (AvgIpc) is 3.21. The third kappa shape index (κ3) is 4.46. The molecule has 0 bridgehead atoms. The molecule has 1 atom stereocenters. The molecule has 0 aliphatic heterocycles. The van der Waals surface area contributed by atoms with Crippen LogP contribution in [-0.2, 0) is 4.79 Å². The van der Waals surface area contributed by atoms with E-state index < -0.39 is 0 Å². The third-order valence-electron chi connectivity index (χ3n) is 6.13. The predicted molar refractivity (Wildman–Crippen MR) is 138 cm³/mol. The number of hydrogen-bond donors (Lipinski definition) is 1. The first kappa shape index (κ1) is 24.0. The number of thioether (sulfide) groups is 1. The summed E-state index contributed by atoms with van der Waals surface area (Å²) in [6, 6.07) is 15.2. The van der Waals surface area contributed by atoms with Crippen LogP contribution in [0.3, 0.4) is 0 Å². The Morgan fingerprint density at radius 1 is 1.09 bits per heavy atom. The van der Waals surface area contributed by atoms with Crippen LogP contribution in [0.15, 0.2) is 58.5 Å². The van der Waals surface area contributed by atoms with Crippen LogP contribution in [0.25, 0.3) is 22.4 Å². The Morgan fingerprint density at radius 3 is 2.41 bits per heavy atom. The van der Waals surface area contributed by atoms with Gasteiger partial charge in [0.2, 0.25) is 11.7 Å². The number of amides is 1. The van der Waals surface area contributed by atoms with Crippen molar-refractivity contribution in [1.82, 2.24) is 24.5 Å². The normalized spacial score (nSPS) is 13.0. The van der Waals surface area contributed by atoms with Crippen molar-refractivity contribution in [3.8, 4) is 5.69 Å². The van der Waals surface area contributed by atoms with E-state index in [-0.39, 0.29) is 28.2 Å². The van der Waals surface area contributed by atoms with Gasteiger partial charge in [-0.1, -0.05) is 62.4 Å². The van der Waals surface area contributed by atoms with Gasteiger partial charge in [-0.15, -0.1) is 10.2 Å². The number of benzene rings is 2. The zero-order valence-corrected chi connectivity index (χ0v) is 21.3. The van der Waals surface area contributed by atoms with Crippen molar-refractivity contribution in [1.29, 1.82) is 0 Å². The topological polar surface area (TPSA) is 81.3 Å². The maximum absolute atomic E-state index is 13.5. The number of para-hydroxylation sites is 1. The highest BCUT2D eigenvalue weighted by molar-refractivity contribution is 8.00. The van der Waals surface area contributed by atoms with Crippen molar-refractivity contribution in [2.75, 3.05) is 0 Å². The first-order chi connectivity index (χ1) is 16.1. The molecule has 0 aliphatic carbocycles. The number of nitrogens with zero attached hydrogens (tertiary/aromatic N) is 4. The van der Waals surface area contributed by atoms with Gasteiger partial charge in [0.25, 0.3) is 5.56 Å². The molecule has 1 N–H and O–H groups in total. The molecule has 2 heterocycles. The molecular weight excluding hydrogens is 446 g/mol. The minimum absolute atomic E-state index is 0.0280. The van der Waals surface area contributed by atoms with Gasteiger partial charge in [0.15, 0.2) is 5.16 Å². The van der Waals surface area contributed by atoms with Gasteiger partial charge in [-0.3, -0.25) is 14.0 Å². The lowest BCUT2D eigenvalue weighted by Gasteiger charge is -2.28. The number of fused-ring (bicyclic) bond motifs is 3. The van der Waals surface area contributed by atoms with Crippen LogP contribution in [0.5, 0.6) is 0 Å². The molecule has 0 saturated carbocycles. The lowest BCUT2D eigenvalue weighted by atomic mass is 10.0. The molecule has 0 spiro atoms. The molecule has 178 valence electrons. The molecule has 34 heavy (non-hydrogen) atoms. The number of hydrogen-bond acceptors (Lipinski definition) is 5. The fourth-order valence-corrected chi connectivity index (χ4v) is 4.82. The van der Waals surface area contributed by atoms with Crippen LogP contribution in [0, 0.1) is 12.8 Å². The van der Waals surface area contributed by atoms with Crippen LogP contribution in [0.2, 0.25) is 0 Å². The van der Waals surface area contributed by atoms with Gasteiger partial charge in [-0.2, -0.15) is 0 Å². The second-order valence-electron chi connectivity index (χ2n) is 9.62. The molecule has 0 saturated heterocycles. The van der Waals surface area contributed by atoms with E-state index >= 15 is 0 Å². The van der Waals surface area contributed by atoms with Gasteiger partial charge in [-0.05, 0) is 57.4 Å². The SMILES string of the molecule is CCC(C)(C)NC(=O)C(Sc1nnc2n(-c3ccc(C)cc3)c(=O)c3ccccc3n12)C(C)C. The molecule has 4 aromatic rings. The largest absolute Gasteiger partial charge is 0.350 e. The highest BCUT2D eigenvalue weighted by Gasteiger charge is 2.30. The van der Waals surface area contributed by atoms with Gasteiger partial charge < -0.3 is 5.32 Å². The summed E-state index contributed by atoms with van der Waals surface area (Å²) < 4.78 is 3.47. The number of carbonyl (C=O) groups is 1. The Bertz CT molecular complexity index is 1400. The molecule has 1 unspecified atom stereocenters. The fourth-order valence-electron chi connectivity index (χ4n) is 3.78. The summed E-state index contributed by atoms with van der Waals surface area (Å²) >= 11 is 1.38. The Balaban J connectivity index is 1.89. The minimum Gasteiger partial charge on any atom is -0.350 e. The number of aromatic nitrogens is 4. The zero-order chi connectivity index (χ0) is 24.6. The predicted octanol–water partition coefficient (Wildman–Crippen LogP) is 4.76. The molecule has 2 aromatic carbocycles. The highest BCUT2D eigenvalue weighted by Crippen LogP contribution is 2.30.